The average molecular weight is 362 g/mol. The maximum atomic E-state index is 12.3. The fourth-order valence-corrected chi connectivity index (χ4v) is 2.60. The lowest BCUT2D eigenvalue weighted by Crippen LogP contribution is -2.41. The Bertz CT molecular complexity index is 871. The minimum Gasteiger partial charge on any atom is -0.423 e. The van der Waals surface area contributed by atoms with Crippen LogP contribution in [0.3, 0.4) is 0 Å². The SMILES string of the molecule is O=C(CN1CC(=O)Oc2ccc(Cl)cc21)Nc1cccc([N+](=O)[O-])c1. The van der Waals surface area contributed by atoms with Crippen LogP contribution in [0.4, 0.5) is 17.1 Å². The number of anilines is 2. The third kappa shape index (κ3) is 3.86. The zero-order valence-corrected chi connectivity index (χ0v) is 13.5. The Morgan fingerprint density at radius 1 is 1.32 bits per heavy atom. The molecule has 1 heterocycles. The first-order valence-electron chi connectivity index (χ1n) is 7.22. The van der Waals surface area contributed by atoms with Crippen molar-refractivity contribution in [2.45, 2.75) is 0 Å². The van der Waals surface area contributed by atoms with E-state index in [0.29, 0.717) is 22.1 Å². The standard InChI is InChI=1S/C16H12ClN3O5/c17-10-4-5-14-13(6-10)19(9-16(22)25-14)8-15(21)18-11-2-1-3-12(7-11)20(23)24/h1-7H,8-9H2,(H,18,21). The van der Waals surface area contributed by atoms with Gasteiger partial charge in [0.15, 0.2) is 5.75 Å². The molecule has 128 valence electrons. The van der Waals surface area contributed by atoms with Crippen LogP contribution in [0.2, 0.25) is 5.02 Å². The predicted molar refractivity (Wildman–Crippen MR) is 91.0 cm³/mol. The van der Waals surface area contributed by atoms with Gasteiger partial charge in [-0.2, -0.15) is 0 Å². The predicted octanol–water partition coefficient (Wildman–Crippen LogP) is 2.61. The van der Waals surface area contributed by atoms with Crippen molar-refractivity contribution in [3.8, 4) is 5.75 Å². The molecule has 0 fully saturated rings. The zero-order valence-electron chi connectivity index (χ0n) is 12.8. The molecule has 1 aliphatic heterocycles. The molecular weight excluding hydrogens is 350 g/mol. The van der Waals surface area contributed by atoms with Crippen molar-refractivity contribution in [2.24, 2.45) is 0 Å². The molecular formula is C16H12ClN3O5. The quantitative estimate of drug-likeness (QED) is 0.388. The van der Waals surface area contributed by atoms with Crippen LogP contribution in [0.5, 0.6) is 5.75 Å². The third-order valence-corrected chi connectivity index (χ3v) is 3.72. The van der Waals surface area contributed by atoms with Crippen molar-refractivity contribution in [3.05, 3.63) is 57.6 Å². The molecule has 9 heteroatoms. The summed E-state index contributed by atoms with van der Waals surface area (Å²) in [7, 11) is 0. The zero-order chi connectivity index (χ0) is 18.0. The topological polar surface area (TPSA) is 102 Å². The van der Waals surface area contributed by atoms with E-state index in [0.717, 1.165) is 0 Å². The molecule has 3 rings (SSSR count). The van der Waals surface area contributed by atoms with E-state index in [9.17, 15) is 19.7 Å². The Morgan fingerprint density at radius 3 is 2.88 bits per heavy atom. The van der Waals surface area contributed by atoms with Gasteiger partial charge in [0.1, 0.15) is 6.54 Å². The number of halogens is 1. The van der Waals surface area contributed by atoms with Crippen LogP contribution in [-0.2, 0) is 9.59 Å². The Labute approximate surface area is 147 Å². The van der Waals surface area contributed by atoms with E-state index in [2.05, 4.69) is 5.32 Å². The first-order valence-corrected chi connectivity index (χ1v) is 7.59. The summed E-state index contributed by atoms with van der Waals surface area (Å²) in [6.07, 6.45) is 0. The van der Waals surface area contributed by atoms with Gasteiger partial charge in [-0.1, -0.05) is 17.7 Å². The van der Waals surface area contributed by atoms with Crippen LogP contribution in [-0.4, -0.2) is 29.9 Å². The van der Waals surface area contributed by atoms with Gasteiger partial charge in [0.05, 0.1) is 17.2 Å². The molecule has 0 radical (unpaired) electrons. The number of benzene rings is 2. The normalized spacial score (nSPS) is 13.0. The fourth-order valence-electron chi connectivity index (χ4n) is 2.43. The van der Waals surface area contributed by atoms with E-state index in [1.54, 1.807) is 24.3 Å². The number of hydrogen-bond donors (Lipinski definition) is 1. The van der Waals surface area contributed by atoms with Gasteiger partial charge in [0.2, 0.25) is 5.91 Å². The van der Waals surface area contributed by atoms with E-state index in [-0.39, 0.29) is 18.8 Å². The minimum atomic E-state index is -0.547. The number of ether oxygens (including phenoxy) is 1. The summed E-state index contributed by atoms with van der Waals surface area (Å²) in [5.41, 5.74) is 0.697. The number of nitrogens with zero attached hydrogens (tertiary/aromatic N) is 2. The van der Waals surface area contributed by atoms with Crippen LogP contribution in [0.15, 0.2) is 42.5 Å². The molecule has 0 aromatic heterocycles. The Kier molecular flexibility index (Phi) is 4.53. The molecule has 0 atom stereocenters. The van der Waals surface area contributed by atoms with Gasteiger partial charge in [0, 0.05) is 22.8 Å². The van der Waals surface area contributed by atoms with Crippen LogP contribution in [0.1, 0.15) is 0 Å². The smallest absolute Gasteiger partial charge is 0.331 e. The highest BCUT2D eigenvalue weighted by Crippen LogP contribution is 2.34. The number of carbonyl (C=O) groups is 2. The molecule has 8 nitrogen and oxygen atoms in total. The van der Waals surface area contributed by atoms with Gasteiger partial charge in [0.25, 0.3) is 5.69 Å². The molecule has 1 aliphatic rings. The van der Waals surface area contributed by atoms with E-state index in [4.69, 9.17) is 16.3 Å². The van der Waals surface area contributed by atoms with Crippen LogP contribution >= 0.6 is 11.6 Å². The van der Waals surface area contributed by atoms with Gasteiger partial charge in [-0.3, -0.25) is 14.9 Å². The molecule has 0 unspecified atom stereocenters. The number of nitrogens with one attached hydrogen (secondary N) is 1. The van der Waals surface area contributed by atoms with Crippen molar-refractivity contribution in [1.82, 2.24) is 0 Å². The highest BCUT2D eigenvalue weighted by molar-refractivity contribution is 6.31. The second-order valence-corrected chi connectivity index (χ2v) is 5.73. The first kappa shape index (κ1) is 16.7. The van der Waals surface area contributed by atoms with Crippen LogP contribution in [0.25, 0.3) is 0 Å². The lowest BCUT2D eigenvalue weighted by atomic mass is 10.2. The number of non-ortho nitro benzene ring substituents is 1. The highest BCUT2D eigenvalue weighted by Gasteiger charge is 2.26. The number of hydrogen-bond acceptors (Lipinski definition) is 6. The van der Waals surface area contributed by atoms with Gasteiger partial charge in [-0.25, -0.2) is 4.79 Å². The summed E-state index contributed by atoms with van der Waals surface area (Å²) >= 11 is 5.96. The van der Waals surface area contributed by atoms with Crippen molar-refractivity contribution < 1.29 is 19.2 Å². The fraction of sp³-hybridized carbons (Fsp3) is 0.125. The summed E-state index contributed by atoms with van der Waals surface area (Å²) in [5.74, 6) is -0.595. The molecule has 1 N–H and O–H groups in total. The molecule has 2 aromatic rings. The first-order chi connectivity index (χ1) is 11.9. The summed E-state index contributed by atoms with van der Waals surface area (Å²) in [6, 6.07) is 10.3. The molecule has 1 amide bonds. The number of amides is 1. The minimum absolute atomic E-state index is 0.101. The molecule has 0 bridgehead atoms. The number of esters is 1. The highest BCUT2D eigenvalue weighted by atomic mass is 35.5. The monoisotopic (exact) mass is 361 g/mol. The van der Waals surface area contributed by atoms with Crippen LogP contribution < -0.4 is 15.0 Å². The summed E-state index contributed by atoms with van der Waals surface area (Å²) in [6.45, 7) is -0.235. The number of nitro groups is 1. The van der Waals surface area contributed by atoms with Crippen molar-refractivity contribution in [2.75, 3.05) is 23.3 Å². The number of rotatable bonds is 4. The van der Waals surface area contributed by atoms with Gasteiger partial charge >= 0.3 is 5.97 Å². The Hall–Kier alpha value is -3.13. The van der Waals surface area contributed by atoms with Crippen molar-refractivity contribution in [1.29, 1.82) is 0 Å². The maximum Gasteiger partial charge on any atom is 0.331 e. The molecule has 2 aromatic carbocycles. The van der Waals surface area contributed by atoms with Crippen molar-refractivity contribution in [3.63, 3.8) is 0 Å². The third-order valence-electron chi connectivity index (χ3n) is 3.48. The van der Waals surface area contributed by atoms with E-state index >= 15 is 0 Å². The molecule has 0 saturated heterocycles. The summed E-state index contributed by atoms with van der Waals surface area (Å²) in [5, 5.41) is 13.8. The lowest BCUT2D eigenvalue weighted by molar-refractivity contribution is -0.384. The summed E-state index contributed by atoms with van der Waals surface area (Å²) < 4.78 is 5.11. The molecule has 0 aliphatic carbocycles. The lowest BCUT2D eigenvalue weighted by Gasteiger charge is -2.29. The largest absolute Gasteiger partial charge is 0.423 e. The van der Waals surface area contributed by atoms with Crippen LogP contribution in [0, 0.1) is 10.1 Å². The second kappa shape index (κ2) is 6.78. The number of nitro benzene ring substituents is 1. The van der Waals surface area contributed by atoms with E-state index in [1.165, 1.54) is 23.1 Å². The summed E-state index contributed by atoms with van der Waals surface area (Å²) in [4.78, 5) is 35.7. The number of carbonyl (C=O) groups excluding carboxylic acids is 2. The van der Waals surface area contributed by atoms with Gasteiger partial charge in [-0.15, -0.1) is 0 Å². The molecule has 0 saturated carbocycles. The Morgan fingerprint density at radius 2 is 2.12 bits per heavy atom. The second-order valence-electron chi connectivity index (χ2n) is 5.30. The molecule has 0 spiro atoms. The number of fused-ring (bicyclic) bond motifs is 1. The van der Waals surface area contributed by atoms with E-state index in [1.807, 2.05) is 0 Å². The maximum absolute atomic E-state index is 12.3. The van der Waals surface area contributed by atoms with Crippen molar-refractivity contribution >= 4 is 40.5 Å². The average Bonchev–Trinajstić information content (AvgIpc) is 2.55. The van der Waals surface area contributed by atoms with E-state index < -0.39 is 16.8 Å². The van der Waals surface area contributed by atoms with Gasteiger partial charge < -0.3 is 15.0 Å². The van der Waals surface area contributed by atoms with Gasteiger partial charge in [-0.05, 0) is 24.3 Å². The Balaban J connectivity index is 1.75. The molecule has 25 heavy (non-hydrogen) atoms.